The number of carbonyl (C=O) groups is 4. The number of aliphatic hydroxyl groups is 1. The van der Waals surface area contributed by atoms with Crippen LogP contribution in [-0.2, 0) is 65.4 Å². The third kappa shape index (κ3) is 63.9. The van der Waals surface area contributed by atoms with E-state index in [0.29, 0.717) is 25.7 Å². The number of rotatable bonds is 71. The fraction of sp³-hybridized carbons (Fsp3) is 0.944. The standard InChI is InChI=1S/C72H140O17P2/c1-7-11-13-15-17-19-21-23-24-25-27-33-37-45-51-57-72(77)88-67(60-82-69(74)54-48-42-35-31-29-28-30-34-40-46-52-64(5)9-3)62-86-90(78,79)84-58-66(73)59-85-91(80,81)87-63-68(61-83-70(75)55-49-43-39-38-41-47-53-65(6)10-4)89-71(76)56-50-44-36-32-26-22-20-18-16-14-12-8-2/h64-68,73H,7-63H2,1-6H3,(H,78,79)(H,80,81)/t64?,65?,66-,67-,68-/m1/s1. The van der Waals surface area contributed by atoms with Crippen LogP contribution in [0.1, 0.15) is 369 Å². The largest absolute Gasteiger partial charge is 0.472 e. The Balaban J connectivity index is 5.26. The Morgan fingerprint density at radius 1 is 0.308 bits per heavy atom. The number of ether oxygens (including phenoxy) is 4. The van der Waals surface area contributed by atoms with Crippen molar-refractivity contribution in [3.63, 3.8) is 0 Å². The normalized spacial score (nSPS) is 14.7. The van der Waals surface area contributed by atoms with Gasteiger partial charge in [-0.25, -0.2) is 9.13 Å². The summed E-state index contributed by atoms with van der Waals surface area (Å²) in [7, 11) is -9.90. The molecular formula is C72H140O17P2. The topological polar surface area (TPSA) is 237 Å². The van der Waals surface area contributed by atoms with E-state index in [1.54, 1.807) is 0 Å². The minimum Gasteiger partial charge on any atom is -0.462 e. The zero-order valence-corrected chi connectivity index (χ0v) is 60.9. The first-order valence-corrected chi connectivity index (χ1v) is 40.6. The second kappa shape index (κ2) is 64.1. The van der Waals surface area contributed by atoms with Gasteiger partial charge in [0.1, 0.15) is 19.3 Å². The van der Waals surface area contributed by atoms with E-state index in [0.717, 1.165) is 108 Å². The number of phosphoric acid groups is 2. The van der Waals surface area contributed by atoms with Crippen LogP contribution in [0, 0.1) is 11.8 Å². The molecule has 0 aliphatic heterocycles. The van der Waals surface area contributed by atoms with E-state index in [-0.39, 0.29) is 25.7 Å². The predicted octanol–water partition coefficient (Wildman–Crippen LogP) is 20.8. The summed E-state index contributed by atoms with van der Waals surface area (Å²) in [4.78, 5) is 72.6. The van der Waals surface area contributed by atoms with Crippen molar-refractivity contribution in [2.45, 2.75) is 387 Å². The molecule has 0 aromatic rings. The highest BCUT2D eigenvalue weighted by atomic mass is 31.2. The molecule has 0 aromatic heterocycles. The molecule has 0 rings (SSSR count). The monoisotopic (exact) mass is 1340 g/mol. The van der Waals surface area contributed by atoms with E-state index in [1.807, 2.05) is 0 Å². The van der Waals surface area contributed by atoms with Gasteiger partial charge in [0.15, 0.2) is 12.2 Å². The van der Waals surface area contributed by atoms with Crippen molar-refractivity contribution >= 4 is 39.5 Å². The smallest absolute Gasteiger partial charge is 0.462 e. The molecule has 7 atom stereocenters. The molecular weight excluding hydrogens is 1200 g/mol. The van der Waals surface area contributed by atoms with E-state index in [2.05, 4.69) is 41.5 Å². The van der Waals surface area contributed by atoms with Gasteiger partial charge in [-0.3, -0.25) is 37.3 Å². The highest BCUT2D eigenvalue weighted by molar-refractivity contribution is 7.47. The van der Waals surface area contributed by atoms with Crippen molar-refractivity contribution in [1.82, 2.24) is 0 Å². The lowest BCUT2D eigenvalue weighted by atomic mass is 9.99. The quantitative estimate of drug-likeness (QED) is 0.0222. The van der Waals surface area contributed by atoms with Gasteiger partial charge < -0.3 is 33.8 Å². The number of unbranched alkanes of at least 4 members (excludes halogenated alkanes) is 39. The number of esters is 4. The van der Waals surface area contributed by atoms with Crippen LogP contribution in [0.15, 0.2) is 0 Å². The molecule has 0 radical (unpaired) electrons. The van der Waals surface area contributed by atoms with Crippen molar-refractivity contribution in [2.75, 3.05) is 39.6 Å². The van der Waals surface area contributed by atoms with Crippen molar-refractivity contribution < 1.29 is 80.2 Å². The molecule has 0 amide bonds. The molecule has 0 spiro atoms. The summed E-state index contributed by atoms with van der Waals surface area (Å²) in [6, 6.07) is 0. The Labute approximate surface area is 556 Å². The Hall–Kier alpha value is -1.94. The minimum absolute atomic E-state index is 0.106. The molecule has 91 heavy (non-hydrogen) atoms. The van der Waals surface area contributed by atoms with Crippen molar-refractivity contribution in [3.05, 3.63) is 0 Å². The van der Waals surface area contributed by atoms with Crippen molar-refractivity contribution in [3.8, 4) is 0 Å². The van der Waals surface area contributed by atoms with Crippen LogP contribution in [0.25, 0.3) is 0 Å². The maximum Gasteiger partial charge on any atom is 0.472 e. The van der Waals surface area contributed by atoms with Crippen molar-refractivity contribution in [1.29, 1.82) is 0 Å². The third-order valence-electron chi connectivity index (χ3n) is 17.4. The molecule has 17 nitrogen and oxygen atoms in total. The van der Waals surface area contributed by atoms with E-state index in [9.17, 15) is 43.2 Å². The molecule has 0 aliphatic rings. The molecule has 4 unspecified atom stereocenters. The van der Waals surface area contributed by atoms with E-state index in [1.165, 1.54) is 180 Å². The number of carbonyl (C=O) groups excluding carboxylic acids is 4. The van der Waals surface area contributed by atoms with Crippen LogP contribution < -0.4 is 0 Å². The van der Waals surface area contributed by atoms with Crippen molar-refractivity contribution in [2.24, 2.45) is 11.8 Å². The molecule has 540 valence electrons. The fourth-order valence-electron chi connectivity index (χ4n) is 10.9. The lowest BCUT2D eigenvalue weighted by molar-refractivity contribution is -0.161. The van der Waals surface area contributed by atoms with Gasteiger partial charge in [0, 0.05) is 25.7 Å². The van der Waals surface area contributed by atoms with E-state index < -0.39 is 97.5 Å². The first-order valence-electron chi connectivity index (χ1n) is 37.6. The highest BCUT2D eigenvalue weighted by Crippen LogP contribution is 2.45. The lowest BCUT2D eigenvalue weighted by Crippen LogP contribution is -2.30. The van der Waals surface area contributed by atoms with Gasteiger partial charge in [0.2, 0.25) is 0 Å². The molecule has 0 saturated carbocycles. The molecule has 0 aliphatic carbocycles. The van der Waals surface area contributed by atoms with Gasteiger partial charge in [-0.2, -0.15) is 0 Å². The molecule has 3 N–H and O–H groups in total. The fourth-order valence-corrected chi connectivity index (χ4v) is 12.5. The Morgan fingerprint density at radius 3 is 0.780 bits per heavy atom. The van der Waals surface area contributed by atoms with Crippen LogP contribution in [0.3, 0.4) is 0 Å². The average Bonchev–Trinajstić information content (AvgIpc) is 3.09. The molecule has 0 bridgehead atoms. The third-order valence-corrected chi connectivity index (χ3v) is 19.3. The van der Waals surface area contributed by atoms with Gasteiger partial charge in [-0.05, 0) is 37.5 Å². The summed E-state index contributed by atoms with van der Waals surface area (Å²) in [6.45, 7) is 9.56. The lowest BCUT2D eigenvalue weighted by Gasteiger charge is -2.21. The zero-order valence-electron chi connectivity index (χ0n) is 59.1. The maximum absolute atomic E-state index is 13.0. The first-order chi connectivity index (χ1) is 43.9. The van der Waals surface area contributed by atoms with Crippen LogP contribution in [-0.4, -0.2) is 96.7 Å². The minimum atomic E-state index is -4.95. The summed E-state index contributed by atoms with van der Waals surface area (Å²) in [5.41, 5.74) is 0. The zero-order chi connectivity index (χ0) is 67.2. The molecule has 19 heteroatoms. The Morgan fingerprint density at radius 2 is 0.527 bits per heavy atom. The summed E-state index contributed by atoms with van der Waals surface area (Å²) in [6.07, 6.45) is 49.8. The number of hydrogen-bond acceptors (Lipinski definition) is 15. The van der Waals surface area contributed by atoms with Gasteiger partial charge in [0.05, 0.1) is 26.4 Å². The molecule has 0 saturated heterocycles. The van der Waals surface area contributed by atoms with Gasteiger partial charge >= 0.3 is 39.5 Å². The summed E-state index contributed by atoms with van der Waals surface area (Å²) in [5.74, 6) is -0.579. The van der Waals surface area contributed by atoms with Gasteiger partial charge in [-0.1, -0.05) is 318 Å². The SMILES string of the molecule is CCCCCCCCCCCCCCCCCC(=O)O[C@H](COC(=O)CCCCCCCCCCCCC(C)CC)COP(=O)(O)OC[C@@H](O)COP(=O)(O)OC[C@@H](COC(=O)CCCCCCCCC(C)CC)OC(=O)CCCCCCCCCCCCCC. The summed E-state index contributed by atoms with van der Waals surface area (Å²) >= 11 is 0. The van der Waals surface area contributed by atoms with Crippen LogP contribution in [0.4, 0.5) is 0 Å². The van der Waals surface area contributed by atoms with Gasteiger partial charge in [0.25, 0.3) is 0 Å². The second-order valence-electron chi connectivity index (χ2n) is 26.5. The highest BCUT2D eigenvalue weighted by Gasteiger charge is 2.30. The number of phosphoric ester groups is 2. The summed E-state index contributed by atoms with van der Waals surface area (Å²) < 4.78 is 68.4. The molecule has 0 aromatic carbocycles. The Bertz CT molecular complexity index is 1770. The maximum atomic E-state index is 13.0. The Kier molecular flexibility index (Phi) is 62.7. The van der Waals surface area contributed by atoms with Crippen LogP contribution in [0.5, 0.6) is 0 Å². The molecule has 0 heterocycles. The van der Waals surface area contributed by atoms with Crippen LogP contribution in [0.2, 0.25) is 0 Å². The first kappa shape index (κ1) is 89.1. The summed E-state index contributed by atoms with van der Waals surface area (Å²) in [5, 5.41) is 10.6. The van der Waals surface area contributed by atoms with Crippen LogP contribution >= 0.6 is 15.6 Å². The van der Waals surface area contributed by atoms with E-state index >= 15 is 0 Å². The number of hydrogen-bond donors (Lipinski definition) is 3. The second-order valence-corrected chi connectivity index (χ2v) is 29.4. The average molecular weight is 1340 g/mol. The predicted molar refractivity (Wildman–Crippen MR) is 368 cm³/mol. The molecule has 0 fully saturated rings. The van der Waals surface area contributed by atoms with E-state index in [4.69, 9.17) is 37.0 Å². The number of aliphatic hydroxyl groups excluding tert-OH is 1. The van der Waals surface area contributed by atoms with Gasteiger partial charge in [-0.15, -0.1) is 0 Å².